The van der Waals surface area contributed by atoms with Crippen LogP contribution in [0.25, 0.3) is 11.1 Å². The number of benzene rings is 3. The third kappa shape index (κ3) is 5.99. The summed E-state index contributed by atoms with van der Waals surface area (Å²) < 4.78 is 0. The molecule has 7 nitrogen and oxygen atoms in total. The van der Waals surface area contributed by atoms with Crippen LogP contribution in [0.3, 0.4) is 0 Å². The van der Waals surface area contributed by atoms with Gasteiger partial charge in [-0.15, -0.1) is 0 Å². The van der Waals surface area contributed by atoms with Gasteiger partial charge in [0.25, 0.3) is 0 Å². The van der Waals surface area contributed by atoms with Gasteiger partial charge >= 0.3 is 0 Å². The number of nitrogen functional groups attached to an aromatic ring is 2. The van der Waals surface area contributed by atoms with Gasteiger partial charge in [0.1, 0.15) is 11.6 Å². The van der Waals surface area contributed by atoms with Crippen molar-refractivity contribution < 1.29 is 9.90 Å². The average Bonchev–Trinajstić information content (AvgIpc) is 2.81. The zero-order chi connectivity index (χ0) is 24.8. The second-order valence-electron chi connectivity index (χ2n) is 8.25. The minimum Gasteiger partial charge on any atom is -0.505 e. The summed E-state index contributed by atoms with van der Waals surface area (Å²) >= 11 is 6.67. The predicted octanol–water partition coefficient (Wildman–Crippen LogP) is 4.65. The van der Waals surface area contributed by atoms with Gasteiger partial charge in [0.05, 0.1) is 17.1 Å². The highest BCUT2D eigenvalue weighted by Crippen LogP contribution is 2.42. The Morgan fingerprint density at radius 3 is 2.50 bits per heavy atom. The van der Waals surface area contributed by atoms with Gasteiger partial charge in [-0.1, -0.05) is 54.9 Å². The average molecular weight is 480 g/mol. The first kappa shape index (κ1) is 24.9. The molecule has 0 aliphatic rings. The maximum atomic E-state index is 12.9. The van der Waals surface area contributed by atoms with E-state index in [0.717, 1.165) is 17.5 Å². The minimum atomic E-state index is -0.271. The molecule has 0 aliphatic heterocycles. The number of hydrogen-bond donors (Lipinski definition) is 6. The van der Waals surface area contributed by atoms with Gasteiger partial charge in [-0.3, -0.25) is 10.2 Å². The van der Waals surface area contributed by atoms with Crippen LogP contribution in [0.1, 0.15) is 37.0 Å². The van der Waals surface area contributed by atoms with Crippen molar-refractivity contribution in [2.24, 2.45) is 5.73 Å². The highest BCUT2D eigenvalue weighted by molar-refractivity contribution is 6.34. The fourth-order valence-electron chi connectivity index (χ4n) is 3.57. The summed E-state index contributed by atoms with van der Waals surface area (Å²) in [5.74, 6) is -0.293. The third-order valence-corrected chi connectivity index (χ3v) is 5.93. The third-order valence-electron chi connectivity index (χ3n) is 5.63. The molecule has 178 valence electrons. The van der Waals surface area contributed by atoms with Crippen LogP contribution in [0.4, 0.5) is 11.4 Å². The van der Waals surface area contributed by atoms with E-state index in [9.17, 15) is 9.90 Å². The number of amidine groups is 1. The molecule has 0 bridgehead atoms. The van der Waals surface area contributed by atoms with E-state index in [1.165, 1.54) is 0 Å². The van der Waals surface area contributed by atoms with Gasteiger partial charge in [0.2, 0.25) is 5.91 Å². The van der Waals surface area contributed by atoms with Crippen molar-refractivity contribution in [2.45, 2.75) is 39.3 Å². The first-order valence-electron chi connectivity index (χ1n) is 11.1. The monoisotopic (exact) mass is 479 g/mol. The van der Waals surface area contributed by atoms with E-state index < -0.39 is 0 Å². The Bertz CT molecular complexity index is 1190. The van der Waals surface area contributed by atoms with Crippen LogP contribution in [0, 0.1) is 5.41 Å². The number of phenols is 1. The Morgan fingerprint density at radius 2 is 1.88 bits per heavy atom. The van der Waals surface area contributed by atoms with Crippen molar-refractivity contribution in [3.63, 3.8) is 0 Å². The van der Waals surface area contributed by atoms with Crippen LogP contribution in [-0.2, 0) is 17.8 Å². The number of phenolic OH excluding ortho intramolecular Hbond substituents is 1. The van der Waals surface area contributed by atoms with Crippen LogP contribution >= 0.6 is 11.6 Å². The lowest BCUT2D eigenvalue weighted by Gasteiger charge is -2.20. The van der Waals surface area contributed by atoms with Crippen LogP contribution in [0.5, 0.6) is 5.75 Å². The fourth-order valence-corrected chi connectivity index (χ4v) is 3.91. The Balaban J connectivity index is 1.90. The summed E-state index contributed by atoms with van der Waals surface area (Å²) in [7, 11) is 0. The van der Waals surface area contributed by atoms with Crippen molar-refractivity contribution in [1.82, 2.24) is 5.32 Å². The molecule has 8 N–H and O–H groups in total. The molecule has 34 heavy (non-hydrogen) atoms. The van der Waals surface area contributed by atoms with Gasteiger partial charge in [0, 0.05) is 35.0 Å². The zero-order valence-corrected chi connectivity index (χ0v) is 20.0. The second kappa shape index (κ2) is 10.9. The first-order valence-corrected chi connectivity index (χ1v) is 11.4. The molecule has 0 spiro atoms. The number of rotatable bonds is 9. The molecule has 8 heteroatoms. The van der Waals surface area contributed by atoms with E-state index >= 15 is 0 Å². The Hall–Kier alpha value is -3.71. The molecule has 1 amide bonds. The summed E-state index contributed by atoms with van der Waals surface area (Å²) in [6.07, 6.45) is 0.781. The van der Waals surface area contributed by atoms with Crippen molar-refractivity contribution in [1.29, 1.82) is 5.41 Å². The molecule has 0 saturated carbocycles. The van der Waals surface area contributed by atoms with Crippen molar-refractivity contribution in [3.05, 3.63) is 76.3 Å². The van der Waals surface area contributed by atoms with Gasteiger partial charge in [-0.25, -0.2) is 0 Å². The molecular weight excluding hydrogens is 450 g/mol. The number of halogens is 1. The molecule has 0 unspecified atom stereocenters. The molecule has 0 aliphatic carbocycles. The smallest absolute Gasteiger partial charge is 0.224 e. The van der Waals surface area contributed by atoms with E-state index in [2.05, 4.69) is 10.6 Å². The van der Waals surface area contributed by atoms with Crippen LogP contribution in [-0.4, -0.2) is 22.9 Å². The number of amides is 1. The number of carbonyl (C=O) groups is 1. The summed E-state index contributed by atoms with van der Waals surface area (Å²) in [5, 5.41) is 25.1. The summed E-state index contributed by atoms with van der Waals surface area (Å²) in [4.78, 5) is 12.9. The molecule has 3 rings (SSSR count). The number of carbonyl (C=O) groups excluding carboxylic acids is 1. The molecular formula is C26H30ClN5O2. The van der Waals surface area contributed by atoms with Crippen LogP contribution < -0.4 is 22.1 Å². The SMILES string of the molecule is CC[C@H](C)Nc1cc(Cl)c(-c2cccc(N)c2)c(CC(=O)NCc2ccc(C(=N)N)cc2)c1O. The minimum absolute atomic E-state index is 0.0110. The highest BCUT2D eigenvalue weighted by atomic mass is 35.5. The van der Waals surface area contributed by atoms with Gasteiger partial charge < -0.3 is 27.2 Å². The van der Waals surface area contributed by atoms with Crippen molar-refractivity contribution >= 4 is 34.7 Å². The van der Waals surface area contributed by atoms with E-state index in [1.807, 2.05) is 19.9 Å². The largest absolute Gasteiger partial charge is 0.505 e. The van der Waals surface area contributed by atoms with Crippen LogP contribution in [0.15, 0.2) is 54.6 Å². The topological polar surface area (TPSA) is 137 Å². The molecule has 3 aromatic rings. The molecule has 0 saturated heterocycles. The summed E-state index contributed by atoms with van der Waals surface area (Å²) in [5.41, 5.74) is 15.7. The van der Waals surface area contributed by atoms with E-state index in [4.69, 9.17) is 28.5 Å². The Morgan fingerprint density at radius 1 is 1.18 bits per heavy atom. The lowest BCUT2D eigenvalue weighted by atomic mass is 9.94. The predicted molar refractivity (Wildman–Crippen MR) is 139 cm³/mol. The quantitative estimate of drug-likeness (QED) is 0.115. The molecule has 0 aromatic heterocycles. The standard InChI is InChI=1S/C26H30ClN5O2/c1-3-15(2)32-22-13-21(27)24(18-5-4-6-19(28)11-18)20(25(22)34)12-23(33)31-14-16-7-9-17(10-8-16)26(29)30/h4-11,13,15,32,34H,3,12,14,28H2,1-2H3,(H3,29,30)(H,31,33)/t15-/m0/s1. The van der Waals surface area contributed by atoms with E-state index in [-0.39, 0.29) is 30.0 Å². The highest BCUT2D eigenvalue weighted by Gasteiger charge is 2.21. The lowest BCUT2D eigenvalue weighted by Crippen LogP contribution is -2.25. The normalized spacial score (nSPS) is 11.6. The zero-order valence-electron chi connectivity index (χ0n) is 19.3. The van der Waals surface area contributed by atoms with E-state index in [1.54, 1.807) is 48.5 Å². The van der Waals surface area contributed by atoms with E-state index in [0.29, 0.717) is 39.6 Å². The molecule has 0 heterocycles. The van der Waals surface area contributed by atoms with Gasteiger partial charge in [-0.2, -0.15) is 0 Å². The maximum absolute atomic E-state index is 12.9. The summed E-state index contributed by atoms with van der Waals surface area (Å²) in [6, 6.07) is 16.0. The van der Waals surface area contributed by atoms with Crippen molar-refractivity contribution in [3.8, 4) is 16.9 Å². The number of anilines is 2. The second-order valence-corrected chi connectivity index (χ2v) is 8.66. The molecule has 1 atom stereocenters. The lowest BCUT2D eigenvalue weighted by molar-refractivity contribution is -0.120. The van der Waals surface area contributed by atoms with Gasteiger partial charge in [-0.05, 0) is 42.7 Å². The number of nitrogens with one attached hydrogen (secondary N) is 3. The number of aromatic hydroxyl groups is 1. The Kier molecular flexibility index (Phi) is 8.02. The summed E-state index contributed by atoms with van der Waals surface area (Å²) in [6.45, 7) is 4.33. The van der Waals surface area contributed by atoms with Crippen molar-refractivity contribution in [2.75, 3.05) is 11.1 Å². The molecule has 3 aromatic carbocycles. The van der Waals surface area contributed by atoms with Gasteiger partial charge in [0.15, 0.2) is 0 Å². The molecule has 0 radical (unpaired) electrons. The molecule has 0 fully saturated rings. The Labute approximate surface area is 204 Å². The maximum Gasteiger partial charge on any atom is 0.224 e. The number of hydrogen-bond acceptors (Lipinski definition) is 5. The fraction of sp³-hybridized carbons (Fsp3) is 0.231. The van der Waals surface area contributed by atoms with Crippen LogP contribution in [0.2, 0.25) is 5.02 Å². The number of nitrogens with two attached hydrogens (primary N) is 2. The first-order chi connectivity index (χ1) is 16.2.